The molecule has 0 bridgehead atoms. The first-order valence-corrected chi connectivity index (χ1v) is 7.32. The van der Waals surface area contributed by atoms with Gasteiger partial charge in [-0.05, 0) is 12.8 Å². The molecule has 2 N–H and O–H groups in total. The quantitative estimate of drug-likeness (QED) is 0.841. The van der Waals surface area contributed by atoms with Crippen LogP contribution in [0.4, 0.5) is 4.79 Å². The molecule has 0 aliphatic carbocycles. The van der Waals surface area contributed by atoms with Gasteiger partial charge in [0.05, 0.1) is 23.2 Å². The Morgan fingerprint density at radius 1 is 1.50 bits per heavy atom. The lowest BCUT2D eigenvalue weighted by atomic mass is 9.96. The van der Waals surface area contributed by atoms with Crippen molar-refractivity contribution in [3.8, 4) is 0 Å². The number of nitrogens with zero attached hydrogens (tertiary/aromatic N) is 2. The van der Waals surface area contributed by atoms with Gasteiger partial charge in [-0.2, -0.15) is 0 Å². The third-order valence-electron chi connectivity index (χ3n) is 3.01. The highest BCUT2D eigenvalue weighted by Gasteiger charge is 2.22. The van der Waals surface area contributed by atoms with E-state index in [0.717, 1.165) is 10.7 Å². The Morgan fingerprint density at radius 3 is 2.60 bits per heavy atom. The highest BCUT2D eigenvalue weighted by molar-refractivity contribution is 7.09. The van der Waals surface area contributed by atoms with Crippen molar-refractivity contribution in [2.45, 2.75) is 27.3 Å². The van der Waals surface area contributed by atoms with Gasteiger partial charge in [-0.25, -0.2) is 9.78 Å². The minimum Gasteiger partial charge on any atom is -0.481 e. The molecule has 1 heterocycles. The van der Waals surface area contributed by atoms with E-state index in [1.54, 1.807) is 7.05 Å². The number of carbonyl (C=O) groups excluding carboxylic acids is 1. The van der Waals surface area contributed by atoms with Crippen LogP contribution in [-0.4, -0.2) is 40.6 Å². The molecule has 1 aromatic heterocycles. The number of nitrogens with one attached hydrogen (secondary N) is 1. The lowest BCUT2D eigenvalue weighted by molar-refractivity contribution is -0.142. The standard InChI is InChI=1S/C13H21N3O3S/c1-8(2)11(12(17)18)5-14-13(19)16(4)6-10-7-20-9(3)15-10/h7-8,11H,5-6H2,1-4H3,(H,14,19)(H,17,18). The maximum atomic E-state index is 11.9. The van der Waals surface area contributed by atoms with Crippen LogP contribution >= 0.6 is 11.3 Å². The number of urea groups is 1. The maximum Gasteiger partial charge on any atom is 0.317 e. The van der Waals surface area contributed by atoms with Crippen LogP contribution in [0.3, 0.4) is 0 Å². The van der Waals surface area contributed by atoms with Gasteiger partial charge >= 0.3 is 12.0 Å². The van der Waals surface area contributed by atoms with E-state index >= 15 is 0 Å². The van der Waals surface area contributed by atoms with Gasteiger partial charge in [-0.3, -0.25) is 4.79 Å². The van der Waals surface area contributed by atoms with Crippen molar-refractivity contribution < 1.29 is 14.7 Å². The summed E-state index contributed by atoms with van der Waals surface area (Å²) < 4.78 is 0. The Hall–Kier alpha value is -1.63. The van der Waals surface area contributed by atoms with Gasteiger partial charge in [0.15, 0.2) is 0 Å². The Bertz CT molecular complexity index is 473. The molecule has 112 valence electrons. The van der Waals surface area contributed by atoms with Crippen LogP contribution in [0.15, 0.2) is 5.38 Å². The van der Waals surface area contributed by atoms with Gasteiger partial charge in [-0.15, -0.1) is 11.3 Å². The summed E-state index contributed by atoms with van der Waals surface area (Å²) in [5.41, 5.74) is 0.837. The minimum atomic E-state index is -0.891. The summed E-state index contributed by atoms with van der Waals surface area (Å²) in [5.74, 6) is -1.49. The van der Waals surface area contributed by atoms with Gasteiger partial charge < -0.3 is 15.3 Å². The van der Waals surface area contributed by atoms with Crippen LogP contribution in [0.25, 0.3) is 0 Å². The van der Waals surface area contributed by atoms with Crippen LogP contribution in [0.2, 0.25) is 0 Å². The average Bonchev–Trinajstić information content (AvgIpc) is 2.73. The molecule has 0 fully saturated rings. The summed E-state index contributed by atoms with van der Waals surface area (Å²) in [6.07, 6.45) is 0. The number of aromatic nitrogens is 1. The van der Waals surface area contributed by atoms with Crippen LogP contribution in [0, 0.1) is 18.8 Å². The Morgan fingerprint density at radius 2 is 2.15 bits per heavy atom. The van der Waals surface area contributed by atoms with Crippen molar-refractivity contribution >= 4 is 23.3 Å². The first-order chi connectivity index (χ1) is 9.31. The van der Waals surface area contributed by atoms with Crippen molar-refractivity contribution in [3.63, 3.8) is 0 Å². The molecular formula is C13H21N3O3S. The van der Waals surface area contributed by atoms with Gasteiger partial charge in [0, 0.05) is 19.0 Å². The second-order valence-corrected chi connectivity index (χ2v) is 6.15. The Balaban J connectivity index is 2.47. The number of aryl methyl sites for hydroxylation is 1. The van der Waals surface area contributed by atoms with E-state index in [1.165, 1.54) is 16.2 Å². The largest absolute Gasteiger partial charge is 0.481 e. The van der Waals surface area contributed by atoms with Crippen molar-refractivity contribution in [1.82, 2.24) is 15.2 Å². The molecule has 0 aromatic carbocycles. The average molecular weight is 299 g/mol. The number of rotatable bonds is 6. The van der Waals surface area contributed by atoms with Crippen LogP contribution in [0.5, 0.6) is 0 Å². The summed E-state index contributed by atoms with van der Waals surface area (Å²) in [7, 11) is 1.66. The monoisotopic (exact) mass is 299 g/mol. The van der Waals surface area contributed by atoms with Gasteiger partial charge in [0.2, 0.25) is 0 Å². The van der Waals surface area contributed by atoms with Crippen molar-refractivity contribution in [2.75, 3.05) is 13.6 Å². The summed E-state index contributed by atoms with van der Waals surface area (Å²) in [6, 6.07) is -0.289. The fourth-order valence-corrected chi connectivity index (χ4v) is 2.34. The second-order valence-electron chi connectivity index (χ2n) is 5.09. The van der Waals surface area contributed by atoms with E-state index in [-0.39, 0.29) is 18.5 Å². The zero-order valence-electron chi connectivity index (χ0n) is 12.2. The molecule has 0 aliphatic heterocycles. The smallest absolute Gasteiger partial charge is 0.317 e. The molecular weight excluding hydrogens is 278 g/mol. The fraction of sp³-hybridized carbons (Fsp3) is 0.615. The summed E-state index contributed by atoms with van der Waals surface area (Å²) >= 11 is 1.54. The third-order valence-corrected chi connectivity index (χ3v) is 3.83. The van der Waals surface area contributed by atoms with Crippen molar-refractivity contribution in [1.29, 1.82) is 0 Å². The summed E-state index contributed by atoms with van der Waals surface area (Å²) in [4.78, 5) is 28.7. The van der Waals surface area contributed by atoms with Gasteiger partial charge in [0.25, 0.3) is 0 Å². The maximum absolute atomic E-state index is 11.9. The molecule has 0 saturated heterocycles. The van der Waals surface area contributed by atoms with Crippen LogP contribution < -0.4 is 5.32 Å². The predicted octanol–water partition coefficient (Wildman–Crippen LogP) is 1.95. The van der Waals surface area contributed by atoms with E-state index in [4.69, 9.17) is 5.11 Å². The van der Waals surface area contributed by atoms with Crippen LogP contribution in [0.1, 0.15) is 24.5 Å². The zero-order valence-corrected chi connectivity index (χ0v) is 13.0. The second kappa shape index (κ2) is 7.23. The topological polar surface area (TPSA) is 82.5 Å². The molecule has 1 rings (SSSR count). The lowest BCUT2D eigenvalue weighted by Gasteiger charge is -2.20. The molecule has 20 heavy (non-hydrogen) atoms. The first-order valence-electron chi connectivity index (χ1n) is 6.44. The zero-order chi connectivity index (χ0) is 15.3. The molecule has 0 aliphatic rings. The van der Waals surface area contributed by atoms with Crippen molar-refractivity contribution in [2.24, 2.45) is 11.8 Å². The molecule has 7 heteroatoms. The predicted molar refractivity (Wildman–Crippen MR) is 77.7 cm³/mol. The molecule has 2 amide bonds. The Kier molecular flexibility index (Phi) is 5.94. The summed E-state index contributed by atoms with van der Waals surface area (Å²) in [6.45, 7) is 6.11. The lowest BCUT2D eigenvalue weighted by Crippen LogP contribution is -2.41. The SMILES string of the molecule is Cc1nc(CN(C)C(=O)NCC(C(=O)O)C(C)C)cs1. The molecule has 0 radical (unpaired) electrons. The third kappa shape index (κ3) is 4.80. The highest BCUT2D eigenvalue weighted by atomic mass is 32.1. The molecule has 1 atom stereocenters. The van der Waals surface area contributed by atoms with E-state index < -0.39 is 11.9 Å². The first kappa shape index (κ1) is 16.4. The van der Waals surface area contributed by atoms with Crippen LogP contribution in [-0.2, 0) is 11.3 Å². The van der Waals surface area contributed by atoms with E-state index in [2.05, 4.69) is 10.3 Å². The molecule has 1 unspecified atom stereocenters. The number of carboxylic acids is 1. The molecule has 1 aromatic rings. The number of hydrogen-bond donors (Lipinski definition) is 2. The van der Waals surface area contributed by atoms with Gasteiger partial charge in [-0.1, -0.05) is 13.8 Å². The summed E-state index contributed by atoms with van der Waals surface area (Å²) in [5, 5.41) is 14.6. The normalized spacial score (nSPS) is 12.2. The number of aliphatic carboxylic acids is 1. The number of amides is 2. The molecule has 0 spiro atoms. The van der Waals surface area contributed by atoms with E-state index in [1.807, 2.05) is 26.2 Å². The molecule has 0 saturated carbocycles. The fourth-order valence-electron chi connectivity index (χ4n) is 1.74. The number of carbonyl (C=O) groups is 2. The van der Waals surface area contributed by atoms with Gasteiger partial charge in [0.1, 0.15) is 0 Å². The van der Waals surface area contributed by atoms with E-state index in [0.29, 0.717) is 6.54 Å². The van der Waals surface area contributed by atoms with E-state index in [9.17, 15) is 9.59 Å². The Labute approximate surface area is 122 Å². The number of thiazole rings is 1. The molecule has 6 nitrogen and oxygen atoms in total. The number of hydrogen-bond acceptors (Lipinski definition) is 4. The number of carboxylic acid groups (broad SMARTS) is 1. The van der Waals surface area contributed by atoms with Crippen molar-refractivity contribution in [3.05, 3.63) is 16.1 Å². The minimum absolute atomic E-state index is 0.0284. The highest BCUT2D eigenvalue weighted by Crippen LogP contribution is 2.11.